The number of hydrogen-bond acceptors (Lipinski definition) is 6. The van der Waals surface area contributed by atoms with Gasteiger partial charge in [0.1, 0.15) is 12.0 Å². The van der Waals surface area contributed by atoms with Crippen LogP contribution in [-0.2, 0) is 20.1 Å². The van der Waals surface area contributed by atoms with Crippen molar-refractivity contribution in [1.29, 1.82) is 0 Å². The van der Waals surface area contributed by atoms with Crippen molar-refractivity contribution in [3.8, 4) is 0 Å². The van der Waals surface area contributed by atoms with Crippen LogP contribution in [0.5, 0.6) is 0 Å². The van der Waals surface area contributed by atoms with Crippen molar-refractivity contribution < 1.29 is 4.92 Å². The average Bonchev–Trinajstić information content (AvgIpc) is 3.00. The molecule has 0 radical (unpaired) electrons. The van der Waals surface area contributed by atoms with E-state index in [1.807, 2.05) is 25.3 Å². The third-order valence-electron chi connectivity index (χ3n) is 3.23. The Hall–Kier alpha value is -2.45. The molecule has 2 aromatic rings. The summed E-state index contributed by atoms with van der Waals surface area (Å²) in [4.78, 5) is 10.9. The molecule has 0 unspecified atom stereocenters. The summed E-state index contributed by atoms with van der Waals surface area (Å²) in [6, 6.07) is 0. The van der Waals surface area contributed by atoms with Crippen LogP contribution in [0.1, 0.15) is 38.2 Å². The van der Waals surface area contributed by atoms with Crippen LogP contribution in [0.25, 0.3) is 0 Å². The molecule has 114 valence electrons. The molecule has 2 heterocycles. The minimum atomic E-state index is -0.394. The van der Waals surface area contributed by atoms with Gasteiger partial charge in [0.25, 0.3) is 0 Å². The number of nitrogens with zero attached hydrogens (tertiary/aromatic N) is 6. The van der Waals surface area contributed by atoms with Crippen LogP contribution in [0.3, 0.4) is 0 Å². The van der Waals surface area contributed by atoms with Crippen molar-refractivity contribution in [1.82, 2.24) is 24.5 Å². The topological polar surface area (TPSA) is 104 Å². The molecule has 0 amide bonds. The Balaban J connectivity index is 2.29. The summed E-state index contributed by atoms with van der Waals surface area (Å²) in [5.74, 6) is 1.08. The van der Waals surface area contributed by atoms with E-state index < -0.39 is 4.92 Å². The second-order valence-electron chi connectivity index (χ2n) is 5.00. The van der Waals surface area contributed by atoms with Crippen LogP contribution in [-0.4, -0.2) is 29.5 Å². The number of nitrogens with one attached hydrogen (secondary N) is 1. The largest absolute Gasteiger partial charge is 0.357 e. The lowest BCUT2D eigenvalue weighted by atomic mass is 10.1. The van der Waals surface area contributed by atoms with E-state index in [-0.39, 0.29) is 11.6 Å². The van der Waals surface area contributed by atoms with Gasteiger partial charge in [0.2, 0.25) is 5.82 Å². The van der Waals surface area contributed by atoms with Crippen LogP contribution in [0.4, 0.5) is 11.5 Å². The van der Waals surface area contributed by atoms with Crippen LogP contribution >= 0.6 is 0 Å². The Labute approximate surface area is 122 Å². The molecule has 0 saturated carbocycles. The van der Waals surface area contributed by atoms with E-state index in [0.29, 0.717) is 18.1 Å². The monoisotopic (exact) mass is 293 g/mol. The van der Waals surface area contributed by atoms with E-state index in [9.17, 15) is 10.1 Å². The lowest BCUT2D eigenvalue weighted by molar-refractivity contribution is -0.384. The maximum Gasteiger partial charge on any atom is 0.334 e. The van der Waals surface area contributed by atoms with Crippen molar-refractivity contribution in [3.05, 3.63) is 28.0 Å². The molecule has 0 aromatic carbocycles. The van der Waals surface area contributed by atoms with Crippen molar-refractivity contribution in [2.45, 2.75) is 39.8 Å². The highest BCUT2D eigenvalue weighted by Gasteiger charge is 2.28. The van der Waals surface area contributed by atoms with Gasteiger partial charge in [-0.25, -0.2) is 4.68 Å². The SMILES string of the molecule is CCn1cnnc1CNc1c([N+](=O)[O-])c(C(C)C)nn1C. The summed E-state index contributed by atoms with van der Waals surface area (Å²) in [6.07, 6.45) is 1.63. The third kappa shape index (κ3) is 2.86. The number of anilines is 1. The summed E-state index contributed by atoms with van der Waals surface area (Å²) in [6.45, 7) is 6.84. The summed E-state index contributed by atoms with van der Waals surface area (Å²) >= 11 is 0. The van der Waals surface area contributed by atoms with Gasteiger partial charge in [0, 0.05) is 19.5 Å². The van der Waals surface area contributed by atoms with E-state index in [1.54, 1.807) is 13.4 Å². The first-order chi connectivity index (χ1) is 9.95. The molecule has 0 spiro atoms. The second-order valence-corrected chi connectivity index (χ2v) is 5.00. The standard InChI is InChI=1S/C12H19N7O2/c1-5-18-7-14-15-9(18)6-13-12-11(19(20)21)10(8(2)3)16-17(12)4/h7-8,13H,5-6H2,1-4H3. The van der Waals surface area contributed by atoms with Crippen LogP contribution in [0, 0.1) is 10.1 Å². The fourth-order valence-corrected chi connectivity index (χ4v) is 2.14. The Kier molecular flexibility index (Phi) is 4.20. The Morgan fingerprint density at radius 3 is 2.76 bits per heavy atom. The first kappa shape index (κ1) is 14.9. The second kappa shape index (κ2) is 5.90. The molecule has 0 aliphatic heterocycles. The molecule has 1 N–H and O–H groups in total. The van der Waals surface area contributed by atoms with Gasteiger partial charge in [0.05, 0.1) is 11.5 Å². The van der Waals surface area contributed by atoms with Gasteiger partial charge in [-0.05, 0) is 6.92 Å². The number of rotatable bonds is 6. The summed E-state index contributed by atoms with van der Waals surface area (Å²) < 4.78 is 3.37. The van der Waals surface area contributed by atoms with Gasteiger partial charge in [-0.3, -0.25) is 10.1 Å². The average molecular weight is 293 g/mol. The molecule has 21 heavy (non-hydrogen) atoms. The number of aromatic nitrogens is 5. The molecule has 0 aliphatic carbocycles. The molecule has 0 fully saturated rings. The maximum absolute atomic E-state index is 11.3. The van der Waals surface area contributed by atoms with E-state index in [4.69, 9.17) is 0 Å². The third-order valence-corrected chi connectivity index (χ3v) is 3.23. The maximum atomic E-state index is 11.3. The van der Waals surface area contributed by atoms with Crippen molar-refractivity contribution in [3.63, 3.8) is 0 Å². The molecule has 0 aliphatic rings. The van der Waals surface area contributed by atoms with Crippen molar-refractivity contribution in [2.24, 2.45) is 7.05 Å². The zero-order valence-corrected chi connectivity index (χ0v) is 12.6. The summed E-state index contributed by atoms with van der Waals surface area (Å²) in [5.41, 5.74) is 0.497. The van der Waals surface area contributed by atoms with Gasteiger partial charge in [-0.15, -0.1) is 10.2 Å². The molecule has 0 saturated heterocycles. The van der Waals surface area contributed by atoms with Crippen LogP contribution < -0.4 is 5.32 Å². The lowest BCUT2D eigenvalue weighted by Gasteiger charge is -2.06. The highest BCUT2D eigenvalue weighted by Crippen LogP contribution is 2.32. The van der Waals surface area contributed by atoms with Gasteiger partial charge in [-0.1, -0.05) is 13.8 Å². The smallest absolute Gasteiger partial charge is 0.334 e. The zero-order chi connectivity index (χ0) is 15.6. The molecule has 2 aromatic heterocycles. The minimum absolute atomic E-state index is 0.0218. The van der Waals surface area contributed by atoms with Gasteiger partial charge >= 0.3 is 5.69 Å². The van der Waals surface area contributed by atoms with Gasteiger partial charge in [0.15, 0.2) is 5.82 Å². The fraction of sp³-hybridized carbons (Fsp3) is 0.583. The predicted octanol–water partition coefficient (Wildman–Crippen LogP) is 1.68. The van der Waals surface area contributed by atoms with Crippen LogP contribution in [0.2, 0.25) is 0 Å². The predicted molar refractivity (Wildman–Crippen MR) is 77.0 cm³/mol. The molecule has 9 nitrogen and oxygen atoms in total. The molecule has 0 bridgehead atoms. The number of hydrogen-bond donors (Lipinski definition) is 1. The van der Waals surface area contributed by atoms with E-state index in [2.05, 4.69) is 20.6 Å². The molecular weight excluding hydrogens is 274 g/mol. The van der Waals surface area contributed by atoms with E-state index in [0.717, 1.165) is 12.4 Å². The van der Waals surface area contributed by atoms with Crippen molar-refractivity contribution >= 4 is 11.5 Å². The van der Waals surface area contributed by atoms with Crippen molar-refractivity contribution in [2.75, 3.05) is 5.32 Å². The Bertz CT molecular complexity index is 644. The van der Waals surface area contributed by atoms with Gasteiger partial charge in [-0.2, -0.15) is 5.10 Å². The highest BCUT2D eigenvalue weighted by molar-refractivity contribution is 5.60. The molecule has 9 heteroatoms. The Morgan fingerprint density at radius 2 is 2.19 bits per heavy atom. The quantitative estimate of drug-likeness (QED) is 0.642. The fourth-order valence-electron chi connectivity index (χ4n) is 2.14. The number of aryl methyl sites for hydroxylation is 2. The first-order valence-corrected chi connectivity index (χ1v) is 6.77. The van der Waals surface area contributed by atoms with E-state index >= 15 is 0 Å². The number of nitro groups is 1. The summed E-state index contributed by atoms with van der Waals surface area (Å²) in [5, 5.41) is 26.5. The first-order valence-electron chi connectivity index (χ1n) is 6.77. The molecule has 0 atom stereocenters. The van der Waals surface area contributed by atoms with Crippen LogP contribution in [0.15, 0.2) is 6.33 Å². The molecular formula is C12H19N7O2. The minimum Gasteiger partial charge on any atom is -0.357 e. The zero-order valence-electron chi connectivity index (χ0n) is 12.6. The highest BCUT2D eigenvalue weighted by atomic mass is 16.6. The normalized spacial score (nSPS) is 11.1. The molecule has 2 rings (SSSR count). The lowest BCUT2D eigenvalue weighted by Crippen LogP contribution is -2.11. The summed E-state index contributed by atoms with van der Waals surface area (Å²) in [7, 11) is 1.69. The van der Waals surface area contributed by atoms with E-state index in [1.165, 1.54) is 4.68 Å². The van der Waals surface area contributed by atoms with Gasteiger partial charge < -0.3 is 9.88 Å². The Morgan fingerprint density at radius 1 is 1.48 bits per heavy atom.